The molecule has 0 fully saturated rings. The van der Waals surface area contributed by atoms with Gasteiger partial charge in [0.05, 0.1) is 11.8 Å². The van der Waals surface area contributed by atoms with Gasteiger partial charge >= 0.3 is 0 Å². The molecule has 92 valence electrons. The Bertz CT molecular complexity index is 560. The third kappa shape index (κ3) is 1.82. The number of fused-ring (bicyclic) bond motifs is 1. The van der Waals surface area contributed by atoms with E-state index >= 15 is 0 Å². The smallest absolute Gasteiger partial charge is 0.255 e. The highest BCUT2D eigenvalue weighted by atomic mass is 16.2. The lowest BCUT2D eigenvalue weighted by atomic mass is 10.1. The Balaban J connectivity index is 2.51. The summed E-state index contributed by atoms with van der Waals surface area (Å²) >= 11 is 0. The summed E-state index contributed by atoms with van der Waals surface area (Å²) in [7, 11) is 0. The Kier molecular flexibility index (Phi) is 3.02. The van der Waals surface area contributed by atoms with Gasteiger partial charge in [-0.15, -0.1) is 0 Å². The van der Waals surface area contributed by atoms with Crippen molar-refractivity contribution in [2.45, 2.75) is 19.9 Å². The molecule has 1 N–H and O–H groups in total. The Hall–Kier alpha value is -2.35. The number of hydrogen-bond donors (Lipinski definition) is 1. The second-order valence-corrected chi connectivity index (χ2v) is 4.23. The molecule has 0 radical (unpaired) electrons. The number of nitriles is 1. The van der Waals surface area contributed by atoms with Gasteiger partial charge in [-0.1, -0.05) is 18.2 Å². The largest absolute Gasteiger partial charge is 0.341 e. The molecule has 0 bridgehead atoms. The second-order valence-electron chi connectivity index (χ2n) is 4.23. The van der Waals surface area contributed by atoms with Crippen molar-refractivity contribution in [3.63, 3.8) is 0 Å². The number of para-hydroxylation sites is 1. The Morgan fingerprint density at radius 2 is 2.28 bits per heavy atom. The normalized spacial score (nSPS) is 17.3. The van der Waals surface area contributed by atoms with Crippen LogP contribution in [0.5, 0.6) is 0 Å². The number of carbonyl (C=O) groups is 2. The average Bonchev–Trinajstić information content (AvgIpc) is 2.56. The van der Waals surface area contributed by atoms with E-state index in [1.54, 1.807) is 6.07 Å². The van der Waals surface area contributed by atoms with Gasteiger partial charge in [-0.05, 0) is 12.5 Å². The molecule has 2 rings (SSSR count). The molecular formula is C13H13N3O2. The van der Waals surface area contributed by atoms with E-state index in [2.05, 4.69) is 5.32 Å². The number of nitrogens with zero attached hydrogens (tertiary/aromatic N) is 2. The number of amides is 2. The molecule has 1 aromatic carbocycles. The minimum absolute atomic E-state index is 0.00717. The maximum Gasteiger partial charge on any atom is 0.255 e. The first-order valence-corrected chi connectivity index (χ1v) is 5.61. The molecule has 0 aromatic heterocycles. The van der Waals surface area contributed by atoms with E-state index in [0.29, 0.717) is 0 Å². The van der Waals surface area contributed by atoms with Crippen LogP contribution in [0.1, 0.15) is 24.1 Å². The topological polar surface area (TPSA) is 73.2 Å². The summed E-state index contributed by atoms with van der Waals surface area (Å²) in [5.74, 6) is -0.518. The van der Waals surface area contributed by atoms with Crippen LogP contribution in [0, 0.1) is 18.3 Å². The highest BCUT2D eigenvalue weighted by Crippen LogP contribution is 2.37. The van der Waals surface area contributed by atoms with Crippen molar-refractivity contribution in [2.24, 2.45) is 0 Å². The molecule has 5 heteroatoms. The number of carbonyl (C=O) groups excluding carboxylic acids is 2. The molecule has 2 amide bonds. The number of anilines is 1. The molecule has 5 nitrogen and oxygen atoms in total. The Morgan fingerprint density at radius 3 is 2.89 bits per heavy atom. The van der Waals surface area contributed by atoms with Gasteiger partial charge in [0.1, 0.15) is 12.6 Å². The molecule has 0 aliphatic carbocycles. The van der Waals surface area contributed by atoms with Gasteiger partial charge in [-0.25, -0.2) is 0 Å². The number of nitrogens with one attached hydrogen (secondary N) is 1. The summed E-state index contributed by atoms with van der Waals surface area (Å²) in [6, 6.07) is 6.82. The number of rotatable bonds is 2. The molecule has 1 atom stereocenters. The number of benzene rings is 1. The third-order valence-electron chi connectivity index (χ3n) is 2.94. The molecule has 1 aliphatic heterocycles. The van der Waals surface area contributed by atoms with Crippen LogP contribution in [0.25, 0.3) is 0 Å². The lowest BCUT2D eigenvalue weighted by Gasteiger charge is -2.15. The van der Waals surface area contributed by atoms with E-state index in [9.17, 15) is 9.59 Å². The fourth-order valence-electron chi connectivity index (χ4n) is 2.25. The van der Waals surface area contributed by atoms with Crippen molar-refractivity contribution in [1.29, 1.82) is 5.26 Å². The summed E-state index contributed by atoms with van der Waals surface area (Å²) in [6.45, 7) is 3.25. The first-order valence-electron chi connectivity index (χ1n) is 5.61. The first-order chi connectivity index (χ1) is 8.56. The van der Waals surface area contributed by atoms with Crippen LogP contribution in [0.15, 0.2) is 18.2 Å². The summed E-state index contributed by atoms with van der Waals surface area (Å²) in [6.07, 6.45) is 0. The van der Waals surface area contributed by atoms with Crippen LogP contribution in [0.2, 0.25) is 0 Å². The van der Waals surface area contributed by atoms with E-state index in [4.69, 9.17) is 5.26 Å². The molecule has 1 heterocycles. The summed E-state index contributed by atoms with van der Waals surface area (Å²) < 4.78 is 0. The molecule has 1 aromatic rings. The van der Waals surface area contributed by atoms with Crippen molar-refractivity contribution >= 4 is 17.5 Å². The number of aryl methyl sites for hydroxylation is 1. The lowest BCUT2D eigenvalue weighted by molar-refractivity contribution is -0.126. The van der Waals surface area contributed by atoms with E-state index in [1.807, 2.05) is 25.1 Å². The second kappa shape index (κ2) is 4.49. The van der Waals surface area contributed by atoms with Gasteiger partial charge in [0.15, 0.2) is 0 Å². The van der Waals surface area contributed by atoms with Crippen LogP contribution >= 0.6 is 0 Å². The third-order valence-corrected chi connectivity index (χ3v) is 2.94. The van der Waals surface area contributed by atoms with Crippen molar-refractivity contribution in [3.05, 3.63) is 29.3 Å². The predicted molar refractivity (Wildman–Crippen MR) is 65.7 cm³/mol. The maximum atomic E-state index is 12.2. The van der Waals surface area contributed by atoms with E-state index < -0.39 is 6.04 Å². The zero-order valence-electron chi connectivity index (χ0n) is 10.2. The molecule has 18 heavy (non-hydrogen) atoms. The van der Waals surface area contributed by atoms with Gasteiger partial charge < -0.3 is 5.32 Å². The quantitative estimate of drug-likeness (QED) is 0.789. The molecule has 0 saturated heterocycles. The van der Waals surface area contributed by atoms with Gasteiger partial charge in [0, 0.05) is 12.5 Å². The van der Waals surface area contributed by atoms with Crippen LogP contribution in [-0.4, -0.2) is 18.4 Å². The zero-order valence-corrected chi connectivity index (χ0v) is 10.2. The summed E-state index contributed by atoms with van der Waals surface area (Å²) in [5, 5.41) is 11.4. The predicted octanol–water partition coefficient (Wildman–Crippen LogP) is 1.04. The van der Waals surface area contributed by atoms with Crippen LogP contribution in [-0.2, 0) is 9.59 Å². The highest BCUT2D eigenvalue weighted by Gasteiger charge is 2.38. The van der Waals surface area contributed by atoms with Gasteiger partial charge in [0.2, 0.25) is 5.91 Å². The Morgan fingerprint density at radius 1 is 1.56 bits per heavy atom. The Labute approximate surface area is 105 Å². The molecule has 1 aliphatic rings. The standard InChI is InChI=1S/C13H13N3O2/c1-8-4-3-5-10-11(15-9(2)17)13(18)16(7-6-14)12(8)10/h3-5,11H,7H2,1-2H3,(H,15,17)/t11-/m1/s1. The van der Waals surface area contributed by atoms with Gasteiger partial charge in [-0.2, -0.15) is 5.26 Å². The molecule has 0 unspecified atom stereocenters. The van der Waals surface area contributed by atoms with Crippen molar-refractivity contribution in [3.8, 4) is 6.07 Å². The molecular weight excluding hydrogens is 230 g/mol. The minimum atomic E-state index is -0.675. The monoisotopic (exact) mass is 243 g/mol. The van der Waals surface area contributed by atoms with Crippen molar-refractivity contribution in [2.75, 3.05) is 11.4 Å². The van der Waals surface area contributed by atoms with Crippen molar-refractivity contribution < 1.29 is 9.59 Å². The van der Waals surface area contributed by atoms with Gasteiger partial charge in [0.25, 0.3) is 5.91 Å². The average molecular weight is 243 g/mol. The van der Waals surface area contributed by atoms with Crippen molar-refractivity contribution in [1.82, 2.24) is 5.32 Å². The zero-order chi connectivity index (χ0) is 13.3. The van der Waals surface area contributed by atoms with E-state index in [1.165, 1.54) is 11.8 Å². The molecule has 0 spiro atoms. The minimum Gasteiger partial charge on any atom is -0.341 e. The van der Waals surface area contributed by atoms with E-state index in [-0.39, 0.29) is 18.4 Å². The highest BCUT2D eigenvalue weighted by molar-refractivity contribution is 6.07. The SMILES string of the molecule is CC(=O)N[C@H]1C(=O)N(CC#N)c2c(C)cccc21. The molecule has 0 saturated carbocycles. The van der Waals surface area contributed by atoms with Gasteiger partial charge in [-0.3, -0.25) is 14.5 Å². The van der Waals surface area contributed by atoms with E-state index in [0.717, 1.165) is 16.8 Å². The fourth-order valence-corrected chi connectivity index (χ4v) is 2.25. The van der Waals surface area contributed by atoms with Crippen LogP contribution < -0.4 is 10.2 Å². The first kappa shape index (κ1) is 12.1. The summed E-state index contributed by atoms with van der Waals surface area (Å²) in [5.41, 5.74) is 2.41. The van der Waals surface area contributed by atoms with Crippen LogP contribution in [0.4, 0.5) is 5.69 Å². The fraction of sp³-hybridized carbons (Fsp3) is 0.308. The lowest BCUT2D eigenvalue weighted by Crippen LogP contribution is -2.36. The maximum absolute atomic E-state index is 12.2. The number of hydrogen-bond acceptors (Lipinski definition) is 3. The summed E-state index contributed by atoms with van der Waals surface area (Å²) in [4.78, 5) is 24.8. The van der Waals surface area contributed by atoms with Crippen LogP contribution in [0.3, 0.4) is 0 Å².